The number of fused-ring (bicyclic) bond motifs is 1. The van der Waals surface area contributed by atoms with Crippen molar-refractivity contribution < 1.29 is 17.5 Å². The second-order valence-corrected chi connectivity index (χ2v) is 6.74. The highest BCUT2D eigenvalue weighted by atomic mass is 35.5. The molecule has 0 aliphatic carbocycles. The summed E-state index contributed by atoms with van der Waals surface area (Å²) in [4.78, 5) is 7.32. The summed E-state index contributed by atoms with van der Waals surface area (Å²) < 4.78 is 47.0. The van der Waals surface area contributed by atoms with Gasteiger partial charge in [0.25, 0.3) is 15.2 Å². The molecule has 3 heterocycles. The minimum atomic E-state index is -4.25. The normalized spacial score (nSPS) is 11.7. The molecular formula is C13H11ClFN5O3S. The van der Waals surface area contributed by atoms with Crippen molar-refractivity contribution in [2.75, 3.05) is 11.8 Å². The molecule has 0 aliphatic rings. The summed E-state index contributed by atoms with van der Waals surface area (Å²) in [6.07, 6.45) is 1.23. The van der Waals surface area contributed by atoms with Gasteiger partial charge in [0.1, 0.15) is 5.69 Å². The number of pyridine rings is 2. The molecule has 0 aromatic carbocycles. The number of ether oxygens (including phenoxy) is 1. The Morgan fingerprint density at radius 2 is 2.08 bits per heavy atom. The van der Waals surface area contributed by atoms with Crippen molar-refractivity contribution in [1.29, 1.82) is 0 Å². The summed E-state index contributed by atoms with van der Waals surface area (Å²) in [5, 5.41) is 3.49. The van der Waals surface area contributed by atoms with Crippen LogP contribution in [0.2, 0.25) is 5.02 Å². The summed E-state index contributed by atoms with van der Waals surface area (Å²) in [5.41, 5.74) is 0.194. The molecule has 0 radical (unpaired) electrons. The molecule has 3 aromatic heterocycles. The minimum absolute atomic E-state index is 0.0970. The predicted octanol–water partition coefficient (Wildman–Crippen LogP) is 2.03. The van der Waals surface area contributed by atoms with E-state index < -0.39 is 21.1 Å². The number of rotatable bonds is 4. The third kappa shape index (κ3) is 2.74. The number of sulfonamides is 1. The fourth-order valence-electron chi connectivity index (χ4n) is 1.99. The molecule has 8 nitrogen and oxygen atoms in total. The Morgan fingerprint density at radius 3 is 2.75 bits per heavy atom. The van der Waals surface area contributed by atoms with Crippen LogP contribution in [0.1, 0.15) is 5.56 Å². The third-order valence-corrected chi connectivity index (χ3v) is 4.60. The van der Waals surface area contributed by atoms with Gasteiger partial charge in [-0.2, -0.15) is 22.3 Å². The number of hydrogen-bond donors (Lipinski definition) is 1. The van der Waals surface area contributed by atoms with Crippen LogP contribution in [0.15, 0.2) is 29.6 Å². The number of aromatic nitrogens is 4. The van der Waals surface area contributed by atoms with E-state index in [4.69, 9.17) is 16.3 Å². The fraction of sp³-hybridized carbons (Fsp3) is 0.154. The highest BCUT2D eigenvalue weighted by Crippen LogP contribution is 2.24. The van der Waals surface area contributed by atoms with Crippen molar-refractivity contribution in [3.8, 4) is 5.88 Å². The van der Waals surface area contributed by atoms with Gasteiger partial charge in [-0.25, -0.2) is 4.98 Å². The molecule has 0 unspecified atom stereocenters. The van der Waals surface area contributed by atoms with Crippen LogP contribution in [0.5, 0.6) is 5.88 Å². The van der Waals surface area contributed by atoms with Crippen LogP contribution in [0.4, 0.5) is 10.1 Å². The standard InChI is InChI=1S/C13H11ClFN5O3S/c1-7-5-6-16-11(15)10(7)19-24(21,22)13-17-12-8(14)3-4-9(23-2)20(12)18-13/h3-6,19H,1-2H3. The maximum Gasteiger partial charge on any atom is 0.299 e. The lowest BCUT2D eigenvalue weighted by Gasteiger charge is -2.08. The van der Waals surface area contributed by atoms with Gasteiger partial charge in [-0.1, -0.05) is 11.6 Å². The summed E-state index contributed by atoms with van der Waals surface area (Å²) in [7, 11) is -2.86. The molecule has 0 amide bonds. The number of nitrogens with zero attached hydrogens (tertiary/aromatic N) is 4. The first-order valence-corrected chi connectivity index (χ1v) is 8.43. The highest BCUT2D eigenvalue weighted by molar-refractivity contribution is 7.92. The van der Waals surface area contributed by atoms with Crippen molar-refractivity contribution in [3.05, 3.63) is 40.9 Å². The van der Waals surface area contributed by atoms with Gasteiger partial charge in [-0.05, 0) is 24.6 Å². The Balaban J connectivity index is 2.11. The van der Waals surface area contributed by atoms with Crippen LogP contribution in [0.25, 0.3) is 5.65 Å². The van der Waals surface area contributed by atoms with E-state index in [0.29, 0.717) is 5.56 Å². The number of anilines is 1. The monoisotopic (exact) mass is 371 g/mol. The quantitative estimate of drug-likeness (QED) is 0.704. The molecule has 0 saturated heterocycles. The molecule has 0 atom stereocenters. The Morgan fingerprint density at radius 1 is 1.33 bits per heavy atom. The lowest BCUT2D eigenvalue weighted by Crippen LogP contribution is -2.17. The van der Waals surface area contributed by atoms with Gasteiger partial charge < -0.3 is 4.74 Å². The van der Waals surface area contributed by atoms with E-state index in [1.807, 2.05) is 0 Å². The Labute approximate surface area is 141 Å². The molecule has 0 spiro atoms. The van der Waals surface area contributed by atoms with Gasteiger partial charge >= 0.3 is 0 Å². The van der Waals surface area contributed by atoms with E-state index in [-0.39, 0.29) is 22.2 Å². The minimum Gasteiger partial charge on any atom is -0.481 e. The lowest BCUT2D eigenvalue weighted by molar-refractivity contribution is 0.384. The van der Waals surface area contributed by atoms with Crippen molar-refractivity contribution in [2.45, 2.75) is 12.1 Å². The average Bonchev–Trinajstić information content (AvgIpc) is 2.99. The van der Waals surface area contributed by atoms with Crippen LogP contribution in [-0.4, -0.2) is 35.1 Å². The average molecular weight is 372 g/mol. The number of aryl methyl sites for hydroxylation is 1. The predicted molar refractivity (Wildman–Crippen MR) is 84.3 cm³/mol. The first kappa shape index (κ1) is 16.4. The molecule has 3 aromatic rings. The van der Waals surface area contributed by atoms with Crippen LogP contribution >= 0.6 is 11.6 Å². The largest absolute Gasteiger partial charge is 0.481 e. The number of methoxy groups -OCH3 is 1. The Hall–Kier alpha value is -2.46. The summed E-state index contributed by atoms with van der Waals surface area (Å²) in [5.74, 6) is -0.704. The van der Waals surface area contributed by atoms with Crippen LogP contribution in [-0.2, 0) is 10.0 Å². The van der Waals surface area contributed by atoms with Gasteiger partial charge in [0.15, 0.2) is 5.65 Å². The first-order chi connectivity index (χ1) is 11.3. The SMILES string of the molecule is COc1ccc(Cl)c2nc(S(=O)(=O)Nc3c(C)ccnc3F)nn12. The number of hydrogen-bond acceptors (Lipinski definition) is 6. The van der Waals surface area contributed by atoms with Gasteiger partial charge in [0, 0.05) is 12.3 Å². The van der Waals surface area contributed by atoms with E-state index in [1.54, 1.807) is 6.92 Å². The molecule has 3 rings (SSSR count). The molecule has 0 saturated carbocycles. The zero-order valence-electron chi connectivity index (χ0n) is 12.5. The zero-order valence-corrected chi connectivity index (χ0v) is 14.1. The fourth-order valence-corrected chi connectivity index (χ4v) is 3.17. The second-order valence-electron chi connectivity index (χ2n) is 4.75. The van der Waals surface area contributed by atoms with E-state index >= 15 is 0 Å². The topological polar surface area (TPSA) is 98.5 Å². The Bertz CT molecular complexity index is 1020. The van der Waals surface area contributed by atoms with Crippen LogP contribution in [0.3, 0.4) is 0 Å². The molecule has 0 bridgehead atoms. The summed E-state index contributed by atoms with van der Waals surface area (Å²) in [6, 6.07) is 4.48. The number of halogens is 2. The smallest absolute Gasteiger partial charge is 0.299 e. The maximum atomic E-state index is 13.8. The van der Waals surface area contributed by atoms with E-state index in [1.165, 1.54) is 31.5 Å². The molecule has 1 N–H and O–H groups in total. The third-order valence-electron chi connectivity index (χ3n) is 3.18. The Kier molecular flexibility index (Phi) is 4.01. The molecule has 24 heavy (non-hydrogen) atoms. The number of nitrogens with one attached hydrogen (secondary N) is 1. The highest BCUT2D eigenvalue weighted by Gasteiger charge is 2.25. The molecule has 11 heteroatoms. The second kappa shape index (κ2) is 5.87. The van der Waals surface area contributed by atoms with E-state index in [0.717, 1.165) is 4.52 Å². The molecule has 126 valence electrons. The van der Waals surface area contributed by atoms with E-state index in [2.05, 4.69) is 19.8 Å². The zero-order chi connectivity index (χ0) is 17.5. The van der Waals surface area contributed by atoms with Gasteiger partial charge in [-0.3, -0.25) is 4.72 Å². The van der Waals surface area contributed by atoms with Gasteiger partial charge in [0.05, 0.1) is 12.1 Å². The lowest BCUT2D eigenvalue weighted by atomic mass is 10.2. The summed E-state index contributed by atoms with van der Waals surface area (Å²) >= 11 is 6.00. The van der Waals surface area contributed by atoms with Gasteiger partial charge in [0.2, 0.25) is 11.8 Å². The van der Waals surface area contributed by atoms with E-state index in [9.17, 15) is 12.8 Å². The first-order valence-electron chi connectivity index (χ1n) is 6.56. The van der Waals surface area contributed by atoms with Crippen molar-refractivity contribution >= 4 is 33.0 Å². The van der Waals surface area contributed by atoms with Crippen LogP contribution in [0, 0.1) is 12.9 Å². The van der Waals surface area contributed by atoms with Crippen LogP contribution < -0.4 is 9.46 Å². The van der Waals surface area contributed by atoms with Crippen molar-refractivity contribution in [1.82, 2.24) is 19.6 Å². The van der Waals surface area contributed by atoms with Crippen molar-refractivity contribution in [3.63, 3.8) is 0 Å². The van der Waals surface area contributed by atoms with Gasteiger partial charge in [-0.15, -0.1) is 5.10 Å². The van der Waals surface area contributed by atoms with Crippen molar-refractivity contribution in [2.24, 2.45) is 0 Å². The maximum absolute atomic E-state index is 13.8. The molecule has 0 aliphatic heterocycles. The summed E-state index contributed by atoms with van der Waals surface area (Å²) in [6.45, 7) is 1.54. The molecular weight excluding hydrogens is 361 g/mol. The molecule has 0 fully saturated rings.